The lowest BCUT2D eigenvalue weighted by atomic mass is 9.69. The number of phenols is 1. The predicted molar refractivity (Wildman–Crippen MR) is 151 cm³/mol. The van der Waals surface area contributed by atoms with Gasteiger partial charge in [0.25, 0.3) is 0 Å². The number of allylic oxidation sites excluding steroid dienone is 2. The van der Waals surface area contributed by atoms with Crippen molar-refractivity contribution in [3.05, 3.63) is 58.8 Å². The van der Waals surface area contributed by atoms with Crippen LogP contribution in [0.15, 0.2) is 52.7 Å². The number of esters is 1. The van der Waals surface area contributed by atoms with Crippen molar-refractivity contribution >= 4 is 17.5 Å². The number of benzene rings is 2. The number of carbonyl (C=O) groups excluding carboxylic acids is 2. The first-order valence-electron chi connectivity index (χ1n) is 13.9. The molecule has 1 N–H and O–H groups in total. The average Bonchev–Trinajstić information content (AvgIpc) is 2.96. The third-order valence-electron chi connectivity index (χ3n) is 8.42. The van der Waals surface area contributed by atoms with E-state index in [9.17, 15) is 14.7 Å². The fourth-order valence-corrected chi connectivity index (χ4v) is 6.38. The van der Waals surface area contributed by atoms with Crippen LogP contribution in [-0.2, 0) is 14.3 Å². The topological polar surface area (TPSA) is 104 Å². The van der Waals surface area contributed by atoms with Crippen LogP contribution < -0.4 is 14.2 Å². The van der Waals surface area contributed by atoms with Gasteiger partial charge in [0, 0.05) is 29.3 Å². The molecule has 1 unspecified atom stereocenters. The molecule has 1 aliphatic heterocycles. The third-order valence-corrected chi connectivity index (χ3v) is 8.42. The number of ketones is 1. The molecule has 0 spiro atoms. The molecule has 2 aromatic rings. The SMILES string of the molecule is COc1cc([C@H]2C3=C(C[C@H](c4ccc(OC)c(OC)c4)CC3=O)N=C(C)C2C(=O)OC2CCCCC2)ccc1O. The van der Waals surface area contributed by atoms with Crippen molar-refractivity contribution in [1.29, 1.82) is 0 Å². The number of hydrogen-bond donors (Lipinski definition) is 1. The zero-order valence-electron chi connectivity index (χ0n) is 23.6. The third kappa shape index (κ3) is 5.31. The highest BCUT2D eigenvalue weighted by Gasteiger charge is 2.45. The number of ether oxygens (including phenoxy) is 4. The van der Waals surface area contributed by atoms with E-state index in [-0.39, 0.29) is 41.7 Å². The predicted octanol–water partition coefficient (Wildman–Crippen LogP) is 5.87. The molecule has 40 heavy (non-hydrogen) atoms. The molecule has 2 aliphatic carbocycles. The molecule has 1 heterocycles. The van der Waals surface area contributed by atoms with Crippen LogP contribution in [0.2, 0.25) is 0 Å². The van der Waals surface area contributed by atoms with E-state index in [1.165, 1.54) is 7.11 Å². The van der Waals surface area contributed by atoms with E-state index in [0.29, 0.717) is 40.5 Å². The first-order valence-corrected chi connectivity index (χ1v) is 13.9. The van der Waals surface area contributed by atoms with Gasteiger partial charge in [0.1, 0.15) is 12.0 Å². The van der Waals surface area contributed by atoms with Gasteiger partial charge in [-0.15, -0.1) is 0 Å². The van der Waals surface area contributed by atoms with Crippen LogP contribution in [0.5, 0.6) is 23.0 Å². The minimum absolute atomic E-state index is 0.00790. The smallest absolute Gasteiger partial charge is 0.315 e. The van der Waals surface area contributed by atoms with E-state index in [1.807, 2.05) is 25.1 Å². The highest BCUT2D eigenvalue weighted by molar-refractivity contribution is 6.09. The van der Waals surface area contributed by atoms with Gasteiger partial charge in [-0.3, -0.25) is 14.6 Å². The maximum atomic E-state index is 13.9. The fourth-order valence-electron chi connectivity index (χ4n) is 6.38. The van der Waals surface area contributed by atoms with Crippen LogP contribution in [0, 0.1) is 5.92 Å². The minimum Gasteiger partial charge on any atom is -0.504 e. The molecular weight excluding hydrogens is 510 g/mol. The van der Waals surface area contributed by atoms with E-state index >= 15 is 0 Å². The van der Waals surface area contributed by atoms with Gasteiger partial charge in [-0.2, -0.15) is 0 Å². The highest BCUT2D eigenvalue weighted by Crippen LogP contribution is 2.48. The molecule has 8 nitrogen and oxygen atoms in total. The molecule has 0 bridgehead atoms. The van der Waals surface area contributed by atoms with Crippen LogP contribution in [-0.4, -0.2) is 50.0 Å². The van der Waals surface area contributed by atoms with Gasteiger partial charge in [0.2, 0.25) is 0 Å². The Bertz CT molecular complexity index is 1360. The fraction of sp³-hybridized carbons (Fsp3) is 0.469. The number of rotatable bonds is 7. The highest BCUT2D eigenvalue weighted by atomic mass is 16.5. The van der Waals surface area contributed by atoms with Crippen molar-refractivity contribution in [2.24, 2.45) is 10.9 Å². The molecule has 5 rings (SSSR count). The van der Waals surface area contributed by atoms with Gasteiger partial charge in [-0.05, 0) is 80.3 Å². The Morgan fingerprint density at radius 1 is 0.875 bits per heavy atom. The number of phenolic OH excluding ortho intramolecular Hbond substituents is 1. The molecule has 3 aliphatic rings. The summed E-state index contributed by atoms with van der Waals surface area (Å²) in [4.78, 5) is 32.6. The van der Waals surface area contributed by atoms with Gasteiger partial charge in [-0.25, -0.2) is 0 Å². The second-order valence-corrected chi connectivity index (χ2v) is 10.8. The van der Waals surface area contributed by atoms with Crippen LogP contribution >= 0.6 is 0 Å². The Morgan fingerprint density at radius 3 is 2.25 bits per heavy atom. The first-order chi connectivity index (χ1) is 19.3. The standard InChI is InChI=1S/C32H37NO7/c1-18-29(32(36)40-22-8-6-5-7-9-22)30(20-10-12-24(34)27(17-20)38-3)31-23(33-18)14-21(15-25(31)35)19-11-13-26(37-2)28(16-19)39-4/h10-13,16-17,21-22,29-30,34H,5-9,14-15H2,1-4H3/t21-,29?,30+/m0/s1. The number of aromatic hydroxyl groups is 1. The largest absolute Gasteiger partial charge is 0.504 e. The number of Topliss-reactive ketones (excluding diaryl/α,β-unsaturated/α-hetero) is 1. The number of methoxy groups -OCH3 is 3. The van der Waals surface area contributed by atoms with Crippen LogP contribution in [0.3, 0.4) is 0 Å². The summed E-state index contributed by atoms with van der Waals surface area (Å²) in [7, 11) is 4.66. The molecule has 0 saturated heterocycles. The van der Waals surface area contributed by atoms with Crippen LogP contribution in [0.25, 0.3) is 0 Å². The molecule has 212 valence electrons. The van der Waals surface area contributed by atoms with Crippen molar-refractivity contribution in [3.8, 4) is 23.0 Å². The number of hydrogen-bond acceptors (Lipinski definition) is 8. The summed E-state index contributed by atoms with van der Waals surface area (Å²) in [6.45, 7) is 1.84. The summed E-state index contributed by atoms with van der Waals surface area (Å²) < 4.78 is 22.3. The van der Waals surface area contributed by atoms with E-state index in [1.54, 1.807) is 32.4 Å². The average molecular weight is 548 g/mol. The summed E-state index contributed by atoms with van der Waals surface area (Å²) in [5.74, 6) is -0.319. The number of carbonyl (C=O) groups is 2. The zero-order chi connectivity index (χ0) is 28.4. The Kier molecular flexibility index (Phi) is 8.14. The second-order valence-electron chi connectivity index (χ2n) is 10.8. The van der Waals surface area contributed by atoms with Crippen LogP contribution in [0.4, 0.5) is 0 Å². The number of nitrogens with zero attached hydrogens (tertiary/aromatic N) is 1. The molecular formula is C32H37NO7. The summed E-state index contributed by atoms with van der Waals surface area (Å²) in [5.41, 5.74) is 3.53. The Morgan fingerprint density at radius 2 is 1.55 bits per heavy atom. The first kappa shape index (κ1) is 27.7. The van der Waals surface area contributed by atoms with Gasteiger partial charge in [-0.1, -0.05) is 18.6 Å². The zero-order valence-corrected chi connectivity index (χ0v) is 23.6. The summed E-state index contributed by atoms with van der Waals surface area (Å²) in [6, 6.07) is 10.7. The van der Waals surface area contributed by atoms with Crippen molar-refractivity contribution in [3.63, 3.8) is 0 Å². The van der Waals surface area contributed by atoms with Gasteiger partial charge in [0.15, 0.2) is 28.8 Å². The van der Waals surface area contributed by atoms with Gasteiger partial charge in [0.05, 0.1) is 21.3 Å². The van der Waals surface area contributed by atoms with Crippen LogP contribution in [0.1, 0.15) is 74.8 Å². The monoisotopic (exact) mass is 547 g/mol. The summed E-state index contributed by atoms with van der Waals surface area (Å²) >= 11 is 0. The molecule has 1 fully saturated rings. The Hall–Kier alpha value is -3.81. The quantitative estimate of drug-likeness (QED) is 0.433. The molecule has 3 atom stereocenters. The van der Waals surface area contributed by atoms with E-state index < -0.39 is 11.8 Å². The lowest BCUT2D eigenvalue weighted by Gasteiger charge is -2.37. The lowest BCUT2D eigenvalue weighted by molar-refractivity contribution is -0.153. The molecule has 1 saturated carbocycles. The number of aliphatic imine (C=N–C) groups is 1. The normalized spacial score (nSPS) is 23.2. The Balaban J connectivity index is 1.54. The molecule has 0 radical (unpaired) electrons. The second kappa shape index (κ2) is 11.7. The molecule has 2 aromatic carbocycles. The molecule has 0 amide bonds. The lowest BCUT2D eigenvalue weighted by Crippen LogP contribution is -2.39. The van der Waals surface area contributed by atoms with E-state index in [0.717, 1.165) is 37.7 Å². The summed E-state index contributed by atoms with van der Waals surface area (Å²) in [6.07, 6.45) is 5.65. The van der Waals surface area contributed by atoms with Crippen molar-refractivity contribution in [2.45, 2.75) is 69.8 Å². The summed E-state index contributed by atoms with van der Waals surface area (Å²) in [5, 5.41) is 10.3. The molecule has 0 aromatic heterocycles. The van der Waals surface area contributed by atoms with Gasteiger partial charge < -0.3 is 24.1 Å². The van der Waals surface area contributed by atoms with E-state index in [4.69, 9.17) is 23.9 Å². The van der Waals surface area contributed by atoms with Gasteiger partial charge >= 0.3 is 5.97 Å². The maximum absolute atomic E-state index is 13.9. The van der Waals surface area contributed by atoms with Crippen molar-refractivity contribution in [1.82, 2.24) is 0 Å². The maximum Gasteiger partial charge on any atom is 0.315 e. The molecule has 8 heteroatoms. The van der Waals surface area contributed by atoms with E-state index in [2.05, 4.69) is 0 Å². The minimum atomic E-state index is -0.739. The van der Waals surface area contributed by atoms with Crippen molar-refractivity contribution in [2.75, 3.05) is 21.3 Å². The Labute approximate surface area is 235 Å². The van der Waals surface area contributed by atoms with Crippen molar-refractivity contribution < 1.29 is 33.6 Å².